The summed E-state index contributed by atoms with van der Waals surface area (Å²) in [6.07, 6.45) is 3.89. The molecule has 3 heterocycles. The van der Waals surface area contributed by atoms with Gasteiger partial charge in [-0.05, 0) is 41.3 Å². The van der Waals surface area contributed by atoms with Gasteiger partial charge in [0.2, 0.25) is 0 Å². The maximum atomic E-state index is 14.9. The van der Waals surface area contributed by atoms with E-state index in [0.29, 0.717) is 35.6 Å². The molecular formula is C23H20F4N6O. The van der Waals surface area contributed by atoms with Crippen molar-refractivity contribution in [3.63, 3.8) is 0 Å². The van der Waals surface area contributed by atoms with Crippen LogP contribution in [-0.2, 0) is 5.54 Å². The number of aliphatic imine (C=N–C) groups is 2. The molecule has 0 fully saturated rings. The molecule has 0 bridgehead atoms. The van der Waals surface area contributed by atoms with E-state index in [9.17, 15) is 17.6 Å². The Bertz CT molecular complexity index is 1190. The van der Waals surface area contributed by atoms with E-state index in [1.165, 1.54) is 36.7 Å². The van der Waals surface area contributed by atoms with Crippen molar-refractivity contribution in [2.24, 2.45) is 15.7 Å². The van der Waals surface area contributed by atoms with Crippen LogP contribution in [0.2, 0.25) is 0 Å². The summed E-state index contributed by atoms with van der Waals surface area (Å²) in [4.78, 5) is 19.2. The molecule has 2 N–H and O–H groups in total. The maximum absolute atomic E-state index is 14.9. The highest BCUT2D eigenvalue weighted by Crippen LogP contribution is 2.45. The maximum Gasteiger partial charge on any atom is 0.573 e. The zero-order valence-electron chi connectivity index (χ0n) is 17.8. The quantitative estimate of drug-likeness (QED) is 0.687. The normalized spacial score (nSPS) is 26.5. The lowest BCUT2D eigenvalue weighted by Gasteiger charge is -2.35. The number of amidine groups is 1. The van der Waals surface area contributed by atoms with Crippen LogP contribution in [0.1, 0.15) is 23.5 Å². The molecule has 34 heavy (non-hydrogen) atoms. The van der Waals surface area contributed by atoms with Crippen LogP contribution in [0.5, 0.6) is 5.75 Å². The summed E-state index contributed by atoms with van der Waals surface area (Å²) in [5.74, 6) is -0.247. The molecule has 3 aliphatic rings. The van der Waals surface area contributed by atoms with Gasteiger partial charge in [0.05, 0.1) is 0 Å². The van der Waals surface area contributed by atoms with E-state index in [0.717, 1.165) is 6.42 Å². The molecule has 0 saturated carbocycles. The lowest BCUT2D eigenvalue weighted by atomic mass is 9.76. The van der Waals surface area contributed by atoms with Gasteiger partial charge in [-0.25, -0.2) is 19.4 Å². The van der Waals surface area contributed by atoms with E-state index in [2.05, 4.69) is 19.7 Å². The average Bonchev–Trinajstić information content (AvgIpc) is 3.13. The monoisotopic (exact) mass is 472 g/mol. The van der Waals surface area contributed by atoms with E-state index >= 15 is 0 Å². The summed E-state index contributed by atoms with van der Waals surface area (Å²) in [7, 11) is 0. The lowest BCUT2D eigenvalue weighted by Crippen LogP contribution is -2.46. The number of allylic oxidation sites excluding steroid dienone is 2. The molecule has 3 atom stereocenters. The molecule has 5 rings (SSSR count). The lowest BCUT2D eigenvalue weighted by molar-refractivity contribution is -0.274. The van der Waals surface area contributed by atoms with E-state index in [1.807, 2.05) is 0 Å². The van der Waals surface area contributed by atoms with Crippen molar-refractivity contribution in [3.05, 3.63) is 77.9 Å². The Morgan fingerprint density at radius 3 is 2.56 bits per heavy atom. The summed E-state index contributed by atoms with van der Waals surface area (Å²) < 4.78 is 57.0. The number of aromatic nitrogens is 2. The van der Waals surface area contributed by atoms with Crippen molar-refractivity contribution >= 4 is 11.8 Å². The van der Waals surface area contributed by atoms with Crippen LogP contribution >= 0.6 is 0 Å². The smallest absolute Gasteiger partial charge is 0.406 e. The first-order valence-electron chi connectivity index (χ1n) is 10.6. The zero-order chi connectivity index (χ0) is 23.9. The third-order valence-electron chi connectivity index (χ3n) is 5.99. The van der Waals surface area contributed by atoms with Crippen molar-refractivity contribution in [1.29, 1.82) is 0 Å². The Hall–Kier alpha value is -3.76. The minimum atomic E-state index is -4.81. The largest absolute Gasteiger partial charge is 0.573 e. The Balaban J connectivity index is 1.65. The van der Waals surface area contributed by atoms with Crippen LogP contribution in [0.4, 0.5) is 17.6 Å². The molecule has 2 aliphatic heterocycles. The molecule has 7 nitrogen and oxygen atoms in total. The molecule has 1 aromatic heterocycles. The van der Waals surface area contributed by atoms with Gasteiger partial charge < -0.3 is 10.5 Å². The van der Waals surface area contributed by atoms with Gasteiger partial charge in [0.1, 0.15) is 24.1 Å². The van der Waals surface area contributed by atoms with E-state index in [-0.39, 0.29) is 11.7 Å². The topological polar surface area (TPSA) is 89.0 Å². The highest BCUT2D eigenvalue weighted by molar-refractivity contribution is 6.12. The van der Waals surface area contributed by atoms with Gasteiger partial charge in [-0.3, -0.25) is 9.89 Å². The summed E-state index contributed by atoms with van der Waals surface area (Å²) in [6.45, 7) is 1.15. The predicted molar refractivity (Wildman–Crippen MR) is 117 cm³/mol. The number of guanidine groups is 1. The fourth-order valence-electron chi connectivity index (χ4n) is 4.53. The number of ether oxygens (including phenoxy) is 1. The van der Waals surface area contributed by atoms with Crippen LogP contribution in [0.15, 0.2) is 76.8 Å². The van der Waals surface area contributed by atoms with Gasteiger partial charge in [0.25, 0.3) is 0 Å². The number of rotatable bonds is 4. The second kappa shape index (κ2) is 8.23. The summed E-state index contributed by atoms with van der Waals surface area (Å²) in [6, 6.07) is 5.43. The van der Waals surface area contributed by atoms with E-state index < -0.39 is 24.0 Å². The fourth-order valence-corrected chi connectivity index (χ4v) is 4.53. The first kappa shape index (κ1) is 22.1. The van der Waals surface area contributed by atoms with Crippen LogP contribution in [0.25, 0.3) is 0 Å². The molecule has 0 spiro atoms. The van der Waals surface area contributed by atoms with Crippen molar-refractivity contribution < 1.29 is 22.3 Å². The molecule has 0 amide bonds. The highest BCUT2D eigenvalue weighted by atomic mass is 19.4. The van der Waals surface area contributed by atoms with E-state index in [1.54, 1.807) is 29.4 Å². The number of nitrogens with zero attached hydrogens (tertiary/aromatic N) is 5. The number of hydrogen-bond donors (Lipinski definition) is 1. The van der Waals surface area contributed by atoms with Crippen LogP contribution in [0, 0.1) is 0 Å². The molecule has 0 saturated heterocycles. The summed E-state index contributed by atoms with van der Waals surface area (Å²) >= 11 is 0. The highest BCUT2D eigenvalue weighted by Gasteiger charge is 2.50. The molecule has 1 aliphatic carbocycles. The number of fused-ring (bicyclic) bond motifs is 1. The Kier molecular flexibility index (Phi) is 5.34. The average molecular weight is 472 g/mol. The first-order chi connectivity index (χ1) is 16.3. The fraction of sp³-hybridized carbons (Fsp3) is 0.304. The second-order valence-corrected chi connectivity index (χ2v) is 8.09. The van der Waals surface area contributed by atoms with E-state index in [4.69, 9.17) is 10.7 Å². The minimum Gasteiger partial charge on any atom is -0.406 e. The van der Waals surface area contributed by atoms with Gasteiger partial charge in [-0.1, -0.05) is 24.3 Å². The Morgan fingerprint density at radius 1 is 1.12 bits per heavy atom. The molecule has 176 valence electrons. The number of halogens is 4. The zero-order valence-corrected chi connectivity index (χ0v) is 17.8. The number of benzene rings is 1. The number of alkyl halides is 4. The molecule has 1 aromatic carbocycles. The molecule has 3 unspecified atom stereocenters. The second-order valence-electron chi connectivity index (χ2n) is 8.09. The van der Waals surface area contributed by atoms with Gasteiger partial charge >= 0.3 is 6.36 Å². The van der Waals surface area contributed by atoms with Crippen LogP contribution < -0.4 is 10.5 Å². The third-order valence-corrected chi connectivity index (χ3v) is 5.99. The van der Waals surface area contributed by atoms with Gasteiger partial charge in [-0.2, -0.15) is 0 Å². The molecule has 0 radical (unpaired) electrons. The Morgan fingerprint density at radius 2 is 1.85 bits per heavy atom. The van der Waals surface area contributed by atoms with Gasteiger partial charge in [0.15, 0.2) is 11.5 Å². The predicted octanol–water partition coefficient (Wildman–Crippen LogP) is 3.62. The standard InChI is InChI=1S/C23H20F4N6O/c24-19-7-4-16(10-18(19)14-11-29-13-30-12-14)22(20-31-8-1-9-33(20)21(28)32-22)15-2-5-17(6-3-15)34-23(25,26)27/h2-7,10-13,18-19H,1,8-9H2,(H2,28,32). The third kappa shape index (κ3) is 3.80. The minimum absolute atomic E-state index is 0.241. The SMILES string of the molecule is NC1=NC(C2=CC(c3cncnc3)C(F)C=C2)(c2ccc(OC(F)(F)F)cc2)C2=NCCCN12. The summed E-state index contributed by atoms with van der Waals surface area (Å²) in [5, 5.41) is 0. The first-order valence-corrected chi connectivity index (χ1v) is 10.6. The van der Waals surface area contributed by atoms with Crippen LogP contribution in [-0.4, -0.2) is 52.3 Å². The molecule has 11 heteroatoms. The van der Waals surface area contributed by atoms with Gasteiger partial charge in [-0.15, -0.1) is 13.2 Å². The molecule has 2 aromatic rings. The van der Waals surface area contributed by atoms with Crippen molar-refractivity contribution in [2.45, 2.75) is 30.4 Å². The van der Waals surface area contributed by atoms with Crippen LogP contribution in [0.3, 0.4) is 0 Å². The number of hydrogen-bond acceptors (Lipinski definition) is 7. The molecular weight excluding hydrogens is 452 g/mol. The van der Waals surface area contributed by atoms with Gasteiger partial charge in [0, 0.05) is 31.4 Å². The van der Waals surface area contributed by atoms with Crippen molar-refractivity contribution in [2.75, 3.05) is 13.1 Å². The van der Waals surface area contributed by atoms with Crippen molar-refractivity contribution in [3.8, 4) is 5.75 Å². The Labute approximate surface area is 192 Å². The van der Waals surface area contributed by atoms with Crippen molar-refractivity contribution in [1.82, 2.24) is 14.9 Å². The summed E-state index contributed by atoms with van der Waals surface area (Å²) in [5.41, 5.74) is 6.74. The number of nitrogens with two attached hydrogens (primary N) is 1.